The van der Waals surface area contributed by atoms with Crippen molar-refractivity contribution in [1.29, 1.82) is 0 Å². The largest absolute Gasteiger partial charge is 0.315 e. The van der Waals surface area contributed by atoms with Gasteiger partial charge in [0.15, 0.2) is 0 Å². The number of aromatic nitrogens is 2. The molecule has 0 fully saturated rings. The Kier molecular flexibility index (Phi) is 5.11. The van der Waals surface area contributed by atoms with E-state index in [2.05, 4.69) is 34.4 Å². The fourth-order valence-corrected chi connectivity index (χ4v) is 1.15. The molecule has 0 aliphatic heterocycles. The Balaban J connectivity index is 2.20. The van der Waals surface area contributed by atoms with Crippen LogP contribution in [-0.4, -0.2) is 29.1 Å². The molecule has 0 radical (unpaired) electrons. The molecule has 0 saturated heterocycles. The fourth-order valence-electron chi connectivity index (χ4n) is 1.15. The van der Waals surface area contributed by atoms with Gasteiger partial charge in [-0.25, -0.2) is 9.97 Å². The molecule has 0 spiro atoms. The molecule has 2 N–H and O–H groups in total. The third-order valence-electron chi connectivity index (χ3n) is 1.97. The number of nitrogens with zero attached hydrogens (tertiary/aromatic N) is 2. The molecule has 0 aromatic carbocycles. The van der Waals surface area contributed by atoms with Crippen molar-refractivity contribution in [2.24, 2.45) is 0 Å². The normalized spacial score (nSPS) is 12.7. The smallest absolute Gasteiger partial charge is 0.115 e. The van der Waals surface area contributed by atoms with Gasteiger partial charge in [0.05, 0.1) is 0 Å². The van der Waals surface area contributed by atoms with Gasteiger partial charge < -0.3 is 10.6 Å². The van der Waals surface area contributed by atoms with Crippen molar-refractivity contribution in [3.63, 3.8) is 0 Å². The molecule has 0 aliphatic carbocycles. The van der Waals surface area contributed by atoms with Crippen molar-refractivity contribution < 1.29 is 0 Å². The number of hydrogen-bond acceptors (Lipinski definition) is 4. The molecule has 0 bridgehead atoms. The molecule has 1 heterocycles. The third kappa shape index (κ3) is 4.30. The topological polar surface area (TPSA) is 49.8 Å². The second-order valence-corrected chi connectivity index (χ2v) is 3.34. The maximum atomic E-state index is 3.96. The van der Waals surface area contributed by atoms with E-state index in [4.69, 9.17) is 0 Å². The Morgan fingerprint density at radius 2 is 2.07 bits per heavy atom. The lowest BCUT2D eigenvalue weighted by atomic mass is 10.3. The molecule has 14 heavy (non-hydrogen) atoms. The number of likely N-dealkylation sites (N-methyl/N-ethyl adjacent to an activating group) is 1. The van der Waals surface area contributed by atoms with Crippen LogP contribution in [0.15, 0.2) is 18.7 Å². The van der Waals surface area contributed by atoms with Crippen LogP contribution in [0.2, 0.25) is 0 Å². The minimum atomic E-state index is 0.468. The summed E-state index contributed by atoms with van der Waals surface area (Å²) in [6, 6.07) is 0.468. The third-order valence-corrected chi connectivity index (χ3v) is 1.97. The van der Waals surface area contributed by atoms with Crippen LogP contribution in [-0.2, 0) is 6.54 Å². The number of hydrogen-bond donors (Lipinski definition) is 2. The lowest BCUT2D eigenvalue weighted by molar-refractivity contribution is 0.508. The maximum absolute atomic E-state index is 3.96. The number of rotatable bonds is 6. The molecule has 1 aromatic heterocycles. The summed E-state index contributed by atoms with van der Waals surface area (Å²) in [6.07, 6.45) is 5.21. The van der Waals surface area contributed by atoms with Crippen molar-refractivity contribution in [3.05, 3.63) is 24.3 Å². The van der Waals surface area contributed by atoms with Gasteiger partial charge in [-0.15, -0.1) is 0 Å². The molecule has 0 aliphatic rings. The van der Waals surface area contributed by atoms with Crippen molar-refractivity contribution in [3.8, 4) is 0 Å². The van der Waals surface area contributed by atoms with E-state index in [1.165, 1.54) is 0 Å². The summed E-state index contributed by atoms with van der Waals surface area (Å²) in [5.74, 6) is 0. The summed E-state index contributed by atoms with van der Waals surface area (Å²) in [6.45, 7) is 7.10. The molecule has 1 rings (SSSR count). The van der Waals surface area contributed by atoms with E-state index in [0.717, 1.165) is 25.2 Å². The van der Waals surface area contributed by atoms with Crippen LogP contribution in [0.3, 0.4) is 0 Å². The highest BCUT2D eigenvalue weighted by Gasteiger charge is 1.99. The van der Waals surface area contributed by atoms with Crippen LogP contribution in [0.4, 0.5) is 0 Å². The average molecular weight is 194 g/mol. The first-order valence-corrected chi connectivity index (χ1v) is 5.01. The lowest BCUT2D eigenvalue weighted by Crippen LogP contribution is -2.35. The first-order chi connectivity index (χ1) is 6.83. The van der Waals surface area contributed by atoms with Gasteiger partial charge in [-0.05, 0) is 13.5 Å². The Hall–Kier alpha value is -1.00. The van der Waals surface area contributed by atoms with Gasteiger partial charge in [0.2, 0.25) is 0 Å². The predicted octanol–water partition coefficient (Wildman–Crippen LogP) is 0.564. The molecule has 4 nitrogen and oxygen atoms in total. The Morgan fingerprint density at radius 3 is 2.71 bits per heavy atom. The maximum Gasteiger partial charge on any atom is 0.115 e. The van der Waals surface area contributed by atoms with Gasteiger partial charge in [0.1, 0.15) is 6.33 Å². The van der Waals surface area contributed by atoms with E-state index in [9.17, 15) is 0 Å². The Bertz CT molecular complexity index is 237. The van der Waals surface area contributed by atoms with Gasteiger partial charge in [-0.2, -0.15) is 0 Å². The summed E-state index contributed by atoms with van der Waals surface area (Å²) in [5, 5.41) is 6.68. The van der Waals surface area contributed by atoms with Crippen molar-refractivity contribution in [1.82, 2.24) is 20.6 Å². The van der Waals surface area contributed by atoms with E-state index in [-0.39, 0.29) is 0 Å². The van der Waals surface area contributed by atoms with Crippen molar-refractivity contribution >= 4 is 0 Å². The van der Waals surface area contributed by atoms with Crippen LogP contribution < -0.4 is 10.6 Å². The van der Waals surface area contributed by atoms with E-state index in [0.29, 0.717) is 6.04 Å². The van der Waals surface area contributed by atoms with E-state index >= 15 is 0 Å². The quantitative estimate of drug-likeness (QED) is 0.695. The van der Waals surface area contributed by atoms with Crippen LogP contribution in [0, 0.1) is 0 Å². The standard InChI is InChI=1S/C10H18N4/c1-3-11-4-9(2)14-7-10-5-12-8-13-6-10/h5-6,8-9,11,14H,3-4,7H2,1-2H3. The van der Waals surface area contributed by atoms with Gasteiger partial charge in [-0.1, -0.05) is 6.92 Å². The van der Waals surface area contributed by atoms with Gasteiger partial charge >= 0.3 is 0 Å². The van der Waals surface area contributed by atoms with E-state index in [1.807, 2.05) is 12.4 Å². The molecular weight excluding hydrogens is 176 g/mol. The van der Waals surface area contributed by atoms with E-state index < -0.39 is 0 Å². The van der Waals surface area contributed by atoms with Crippen LogP contribution in [0.25, 0.3) is 0 Å². The summed E-state index contributed by atoms with van der Waals surface area (Å²) >= 11 is 0. The number of nitrogens with one attached hydrogen (secondary N) is 2. The Morgan fingerprint density at radius 1 is 1.36 bits per heavy atom. The van der Waals surface area contributed by atoms with Gasteiger partial charge in [-0.3, -0.25) is 0 Å². The zero-order valence-electron chi connectivity index (χ0n) is 8.83. The van der Waals surface area contributed by atoms with Gasteiger partial charge in [0, 0.05) is 37.1 Å². The minimum Gasteiger partial charge on any atom is -0.315 e. The highest BCUT2D eigenvalue weighted by molar-refractivity contribution is 5.01. The minimum absolute atomic E-state index is 0.468. The average Bonchev–Trinajstić information content (AvgIpc) is 2.25. The van der Waals surface area contributed by atoms with Crippen LogP contribution in [0.1, 0.15) is 19.4 Å². The summed E-state index contributed by atoms with van der Waals surface area (Å²) in [7, 11) is 0. The molecule has 78 valence electrons. The molecule has 1 atom stereocenters. The highest BCUT2D eigenvalue weighted by Crippen LogP contribution is 1.92. The van der Waals surface area contributed by atoms with Crippen molar-refractivity contribution in [2.75, 3.05) is 13.1 Å². The summed E-state index contributed by atoms with van der Waals surface area (Å²) in [5.41, 5.74) is 1.12. The molecule has 1 unspecified atom stereocenters. The first kappa shape index (κ1) is 11.1. The van der Waals surface area contributed by atoms with Gasteiger partial charge in [0.25, 0.3) is 0 Å². The fraction of sp³-hybridized carbons (Fsp3) is 0.600. The predicted molar refractivity (Wildman–Crippen MR) is 56.9 cm³/mol. The molecule has 0 amide bonds. The second-order valence-electron chi connectivity index (χ2n) is 3.34. The zero-order valence-corrected chi connectivity index (χ0v) is 8.83. The summed E-state index contributed by atoms with van der Waals surface area (Å²) < 4.78 is 0. The molecular formula is C10H18N4. The van der Waals surface area contributed by atoms with Crippen LogP contribution >= 0.6 is 0 Å². The molecule has 0 saturated carbocycles. The highest BCUT2D eigenvalue weighted by atomic mass is 15.0. The van der Waals surface area contributed by atoms with E-state index in [1.54, 1.807) is 6.33 Å². The second kappa shape index (κ2) is 6.45. The lowest BCUT2D eigenvalue weighted by Gasteiger charge is -2.13. The Labute approximate surface area is 85.2 Å². The first-order valence-electron chi connectivity index (χ1n) is 5.01. The molecule has 1 aromatic rings. The SMILES string of the molecule is CCNCC(C)NCc1cncnc1. The molecule has 4 heteroatoms. The zero-order chi connectivity index (χ0) is 10.2. The monoisotopic (exact) mass is 194 g/mol. The van der Waals surface area contributed by atoms with Crippen molar-refractivity contribution in [2.45, 2.75) is 26.4 Å². The van der Waals surface area contributed by atoms with Crippen LogP contribution in [0.5, 0.6) is 0 Å². The summed E-state index contributed by atoms with van der Waals surface area (Å²) in [4.78, 5) is 7.92.